The molecule has 1 heteroatoms. The van der Waals surface area contributed by atoms with E-state index in [0.29, 0.717) is 0 Å². The summed E-state index contributed by atoms with van der Waals surface area (Å²) in [6.45, 7) is 6.95. The molecule has 101 valence electrons. The molecule has 17 heavy (non-hydrogen) atoms. The number of hydrogen-bond donors (Lipinski definition) is 0. The van der Waals surface area contributed by atoms with E-state index in [9.17, 15) is 0 Å². The van der Waals surface area contributed by atoms with Crippen LogP contribution in [-0.2, 0) is 4.74 Å². The molecule has 0 aliphatic rings. The molecule has 0 saturated carbocycles. The lowest BCUT2D eigenvalue weighted by molar-refractivity contribution is 0.240. The van der Waals surface area contributed by atoms with Gasteiger partial charge in [-0.15, -0.1) is 0 Å². The maximum absolute atomic E-state index is 5.42. The van der Waals surface area contributed by atoms with Crippen LogP contribution < -0.4 is 0 Å². The Labute approximate surface area is 109 Å². The largest absolute Gasteiger partial charge is 0.502 e. The van der Waals surface area contributed by atoms with Gasteiger partial charge in [0.25, 0.3) is 0 Å². The fourth-order valence-corrected chi connectivity index (χ4v) is 1.79. The quantitative estimate of drug-likeness (QED) is 0.297. The Kier molecular flexibility index (Phi) is 15.1. The summed E-state index contributed by atoms with van der Waals surface area (Å²) >= 11 is 0. The van der Waals surface area contributed by atoms with Crippen LogP contribution in [0.25, 0.3) is 0 Å². The highest BCUT2D eigenvalue weighted by atomic mass is 16.5. The van der Waals surface area contributed by atoms with Crippen LogP contribution in [0.1, 0.15) is 77.6 Å². The van der Waals surface area contributed by atoms with Gasteiger partial charge in [0.05, 0.1) is 12.9 Å². The van der Waals surface area contributed by atoms with Crippen LogP contribution in [0.15, 0.2) is 12.3 Å². The van der Waals surface area contributed by atoms with E-state index in [4.69, 9.17) is 4.74 Å². The summed E-state index contributed by atoms with van der Waals surface area (Å²) < 4.78 is 5.42. The second kappa shape index (κ2) is 15.5. The summed E-state index contributed by atoms with van der Waals surface area (Å²) in [7, 11) is 0. The van der Waals surface area contributed by atoms with Crippen molar-refractivity contribution in [2.24, 2.45) is 0 Å². The van der Waals surface area contributed by atoms with Crippen LogP contribution in [0.4, 0.5) is 0 Å². The standard InChI is InChI=1S/C16H31O/c1-3-5-7-9-10-11-12-14-16-17-15-13-8-6-4-2/h14,16H,2-13,15H2,1H3. The first-order valence-corrected chi connectivity index (χ1v) is 7.47. The zero-order valence-corrected chi connectivity index (χ0v) is 11.8. The Balaban J connectivity index is 2.99. The minimum atomic E-state index is 0.868. The highest BCUT2D eigenvalue weighted by Gasteiger charge is 1.88. The van der Waals surface area contributed by atoms with E-state index < -0.39 is 0 Å². The second-order valence-electron chi connectivity index (χ2n) is 4.71. The maximum atomic E-state index is 5.42. The molecule has 0 unspecified atom stereocenters. The van der Waals surface area contributed by atoms with E-state index in [-0.39, 0.29) is 0 Å². The molecule has 0 fully saturated rings. The molecular weight excluding hydrogens is 208 g/mol. The van der Waals surface area contributed by atoms with Gasteiger partial charge in [0, 0.05) is 0 Å². The van der Waals surface area contributed by atoms with E-state index in [2.05, 4.69) is 19.9 Å². The van der Waals surface area contributed by atoms with Gasteiger partial charge in [-0.25, -0.2) is 0 Å². The average Bonchev–Trinajstić information content (AvgIpc) is 2.35. The van der Waals surface area contributed by atoms with Crippen LogP contribution in [0, 0.1) is 6.92 Å². The van der Waals surface area contributed by atoms with Crippen molar-refractivity contribution < 1.29 is 4.74 Å². The fourth-order valence-electron chi connectivity index (χ4n) is 1.79. The highest BCUT2D eigenvalue weighted by molar-refractivity contribution is 4.73. The van der Waals surface area contributed by atoms with Crippen LogP contribution in [0.2, 0.25) is 0 Å². The number of unbranched alkanes of at least 4 members (excludes halogenated alkanes) is 9. The van der Waals surface area contributed by atoms with Gasteiger partial charge in [-0.2, -0.15) is 0 Å². The van der Waals surface area contributed by atoms with Crippen molar-refractivity contribution in [2.75, 3.05) is 6.61 Å². The molecule has 0 rings (SSSR count). The van der Waals surface area contributed by atoms with Crippen LogP contribution in [0.3, 0.4) is 0 Å². The Morgan fingerprint density at radius 1 is 0.882 bits per heavy atom. The molecule has 0 aromatic heterocycles. The van der Waals surface area contributed by atoms with Gasteiger partial charge in [-0.05, 0) is 25.3 Å². The minimum Gasteiger partial charge on any atom is -0.502 e. The Bertz CT molecular complexity index is 152. The summed E-state index contributed by atoms with van der Waals surface area (Å²) in [5, 5.41) is 0. The van der Waals surface area contributed by atoms with E-state index in [0.717, 1.165) is 19.4 Å². The third-order valence-electron chi connectivity index (χ3n) is 2.93. The number of hydrogen-bond acceptors (Lipinski definition) is 1. The molecule has 0 aliphatic heterocycles. The van der Waals surface area contributed by atoms with Gasteiger partial charge >= 0.3 is 0 Å². The molecule has 0 heterocycles. The van der Waals surface area contributed by atoms with Crippen molar-refractivity contribution in [1.29, 1.82) is 0 Å². The summed E-state index contributed by atoms with van der Waals surface area (Å²) in [6.07, 6.45) is 18.1. The zero-order chi connectivity index (χ0) is 12.6. The molecule has 0 N–H and O–H groups in total. The normalized spacial score (nSPS) is 11.2. The van der Waals surface area contributed by atoms with Crippen molar-refractivity contribution in [2.45, 2.75) is 77.6 Å². The highest BCUT2D eigenvalue weighted by Crippen LogP contribution is 2.07. The molecule has 1 nitrogen and oxygen atoms in total. The summed E-state index contributed by atoms with van der Waals surface area (Å²) in [4.78, 5) is 0. The van der Waals surface area contributed by atoms with Gasteiger partial charge in [-0.3, -0.25) is 0 Å². The second-order valence-corrected chi connectivity index (χ2v) is 4.71. The van der Waals surface area contributed by atoms with Gasteiger partial charge < -0.3 is 4.74 Å². The number of allylic oxidation sites excluding steroid dienone is 1. The van der Waals surface area contributed by atoms with E-state index in [1.165, 1.54) is 57.8 Å². The van der Waals surface area contributed by atoms with Gasteiger partial charge in [-0.1, -0.05) is 65.2 Å². The molecule has 0 aromatic carbocycles. The van der Waals surface area contributed by atoms with E-state index in [1.54, 1.807) is 0 Å². The number of rotatable bonds is 13. The van der Waals surface area contributed by atoms with Gasteiger partial charge in [0.2, 0.25) is 0 Å². The van der Waals surface area contributed by atoms with Crippen molar-refractivity contribution in [3.05, 3.63) is 19.3 Å². The topological polar surface area (TPSA) is 9.23 Å². The smallest absolute Gasteiger partial charge is 0.0873 e. The van der Waals surface area contributed by atoms with Crippen molar-refractivity contribution in [1.82, 2.24) is 0 Å². The monoisotopic (exact) mass is 239 g/mol. The summed E-state index contributed by atoms with van der Waals surface area (Å²) in [5.74, 6) is 0. The molecule has 0 spiro atoms. The molecule has 0 aliphatic carbocycles. The molecule has 0 aromatic rings. The minimum absolute atomic E-state index is 0.868. The predicted molar refractivity (Wildman–Crippen MR) is 76.9 cm³/mol. The molecule has 0 atom stereocenters. The van der Waals surface area contributed by atoms with E-state index >= 15 is 0 Å². The lowest BCUT2D eigenvalue weighted by atomic mass is 10.1. The van der Waals surface area contributed by atoms with Gasteiger partial charge in [0.15, 0.2) is 0 Å². The van der Waals surface area contributed by atoms with Gasteiger partial charge in [0.1, 0.15) is 0 Å². The third kappa shape index (κ3) is 15.5. The van der Waals surface area contributed by atoms with Crippen molar-refractivity contribution in [3.63, 3.8) is 0 Å². The average molecular weight is 239 g/mol. The lowest BCUT2D eigenvalue weighted by Crippen LogP contribution is -1.87. The number of ether oxygens (including phenoxy) is 1. The Morgan fingerprint density at radius 2 is 1.59 bits per heavy atom. The summed E-state index contributed by atoms with van der Waals surface area (Å²) in [5.41, 5.74) is 0. The van der Waals surface area contributed by atoms with Crippen LogP contribution in [0.5, 0.6) is 0 Å². The molecule has 0 saturated heterocycles. The molecular formula is C16H31O. The maximum Gasteiger partial charge on any atom is 0.0873 e. The SMILES string of the molecule is [CH2]CCCCCOC=CCCCCCCCC. The Hall–Kier alpha value is -0.460. The van der Waals surface area contributed by atoms with Crippen LogP contribution >= 0.6 is 0 Å². The third-order valence-corrected chi connectivity index (χ3v) is 2.93. The zero-order valence-electron chi connectivity index (χ0n) is 11.8. The Morgan fingerprint density at radius 3 is 2.35 bits per heavy atom. The van der Waals surface area contributed by atoms with Crippen LogP contribution in [-0.4, -0.2) is 6.61 Å². The lowest BCUT2D eigenvalue weighted by Gasteiger charge is -2.00. The van der Waals surface area contributed by atoms with Crippen molar-refractivity contribution >= 4 is 0 Å². The first-order valence-electron chi connectivity index (χ1n) is 7.47. The van der Waals surface area contributed by atoms with Crippen molar-refractivity contribution in [3.8, 4) is 0 Å². The fraction of sp³-hybridized carbons (Fsp3) is 0.812. The summed E-state index contributed by atoms with van der Waals surface area (Å²) in [6, 6.07) is 0. The first kappa shape index (κ1) is 16.5. The van der Waals surface area contributed by atoms with E-state index in [1.807, 2.05) is 6.26 Å². The molecule has 0 amide bonds. The molecule has 0 bridgehead atoms. The molecule has 1 radical (unpaired) electrons. The first-order chi connectivity index (χ1) is 8.41. The predicted octanol–water partition coefficient (Wildman–Crippen LogP) is 5.66.